The molecular formula is C18H29BN4O3. The first-order valence-corrected chi connectivity index (χ1v) is 9.35. The number of nitrogens with one attached hydrogen (secondary N) is 1. The minimum Gasteiger partial charge on any atom is -0.399 e. The second kappa shape index (κ2) is 7.16. The topological polar surface area (TPSA) is 76.6 Å². The fourth-order valence-corrected chi connectivity index (χ4v) is 3.30. The molecule has 2 saturated heterocycles. The van der Waals surface area contributed by atoms with Crippen molar-refractivity contribution in [3.8, 4) is 0 Å². The van der Waals surface area contributed by atoms with Gasteiger partial charge >= 0.3 is 7.12 Å². The highest BCUT2D eigenvalue weighted by atomic mass is 16.7. The molecule has 7 nitrogen and oxygen atoms in total. The van der Waals surface area contributed by atoms with Gasteiger partial charge in [0.05, 0.1) is 11.2 Å². The molecule has 3 rings (SSSR count). The Labute approximate surface area is 156 Å². The second-order valence-electron chi connectivity index (χ2n) is 8.30. The molecule has 2 aliphatic heterocycles. The number of nitrogens with zero attached hydrogens (tertiary/aromatic N) is 3. The lowest BCUT2D eigenvalue weighted by atomic mass is 9.81. The van der Waals surface area contributed by atoms with Crippen LogP contribution >= 0.6 is 0 Å². The molecule has 0 aliphatic carbocycles. The lowest BCUT2D eigenvalue weighted by Gasteiger charge is -2.32. The summed E-state index contributed by atoms with van der Waals surface area (Å²) in [6, 6.07) is 0. The maximum absolute atomic E-state index is 11.1. The van der Waals surface area contributed by atoms with Gasteiger partial charge in [-0.05, 0) is 46.5 Å². The molecular weight excluding hydrogens is 331 g/mol. The molecule has 2 aliphatic rings. The molecule has 3 heterocycles. The zero-order valence-corrected chi connectivity index (χ0v) is 16.4. The number of carbonyl (C=O) groups is 1. The van der Waals surface area contributed by atoms with Gasteiger partial charge in [-0.1, -0.05) is 0 Å². The smallest absolute Gasteiger partial charge is 0.399 e. The zero-order valence-electron chi connectivity index (χ0n) is 16.4. The van der Waals surface area contributed by atoms with E-state index in [4.69, 9.17) is 9.31 Å². The van der Waals surface area contributed by atoms with Gasteiger partial charge in [-0.15, -0.1) is 0 Å². The van der Waals surface area contributed by atoms with E-state index in [1.54, 1.807) is 19.3 Å². The number of hydrogen-bond acceptors (Lipinski definition) is 6. The van der Waals surface area contributed by atoms with Crippen LogP contribution in [0, 0.1) is 5.92 Å². The number of hydrogen-bond donors (Lipinski definition) is 1. The Balaban J connectivity index is 1.64. The van der Waals surface area contributed by atoms with Crippen LogP contribution in [0.15, 0.2) is 12.4 Å². The summed E-state index contributed by atoms with van der Waals surface area (Å²) < 4.78 is 12.1. The first kappa shape index (κ1) is 19.1. The van der Waals surface area contributed by atoms with Crippen LogP contribution in [0.4, 0.5) is 5.95 Å². The number of amides is 1. The maximum Gasteiger partial charge on any atom is 0.498 e. The van der Waals surface area contributed by atoms with Crippen molar-refractivity contribution in [1.82, 2.24) is 15.3 Å². The van der Waals surface area contributed by atoms with E-state index in [1.165, 1.54) is 0 Å². The standard InChI is InChI=1S/C18H29BN4O3/c1-13(24)20-9-14-7-6-8-23(12-14)16-21-10-15(11-22-16)19-25-17(2,3)18(4,5)26-19/h10-11,14H,6-9,12H2,1-5H3,(H,20,24)/t14-/m0/s1. The fourth-order valence-electron chi connectivity index (χ4n) is 3.30. The molecule has 1 N–H and O–H groups in total. The van der Waals surface area contributed by atoms with Gasteiger partial charge in [0.25, 0.3) is 0 Å². The maximum atomic E-state index is 11.1. The van der Waals surface area contributed by atoms with Crippen LogP contribution in [-0.4, -0.2) is 53.8 Å². The summed E-state index contributed by atoms with van der Waals surface area (Å²) in [6.07, 6.45) is 5.78. The van der Waals surface area contributed by atoms with E-state index in [1.807, 2.05) is 27.7 Å². The van der Waals surface area contributed by atoms with Gasteiger partial charge in [0.1, 0.15) is 0 Å². The van der Waals surface area contributed by atoms with Gasteiger partial charge in [0, 0.05) is 44.4 Å². The van der Waals surface area contributed by atoms with Crippen molar-refractivity contribution in [1.29, 1.82) is 0 Å². The van der Waals surface area contributed by atoms with Crippen molar-refractivity contribution in [3.63, 3.8) is 0 Å². The van der Waals surface area contributed by atoms with Crippen LogP contribution in [0.5, 0.6) is 0 Å². The molecule has 0 bridgehead atoms. The van der Waals surface area contributed by atoms with Crippen LogP contribution in [0.1, 0.15) is 47.5 Å². The van der Waals surface area contributed by atoms with E-state index in [-0.39, 0.29) is 17.1 Å². The fraction of sp³-hybridized carbons (Fsp3) is 0.722. The number of carbonyl (C=O) groups excluding carboxylic acids is 1. The molecule has 8 heteroatoms. The lowest BCUT2D eigenvalue weighted by Crippen LogP contribution is -2.42. The third-order valence-electron chi connectivity index (χ3n) is 5.63. The van der Waals surface area contributed by atoms with Crippen LogP contribution in [0.3, 0.4) is 0 Å². The number of anilines is 1. The van der Waals surface area contributed by atoms with Crippen molar-refractivity contribution in [2.75, 3.05) is 24.5 Å². The monoisotopic (exact) mass is 360 g/mol. The Morgan fingerprint density at radius 1 is 1.27 bits per heavy atom. The third-order valence-corrected chi connectivity index (χ3v) is 5.63. The summed E-state index contributed by atoms with van der Waals surface area (Å²) in [5.74, 6) is 1.17. The molecule has 26 heavy (non-hydrogen) atoms. The molecule has 142 valence electrons. The molecule has 1 aromatic heterocycles. The van der Waals surface area contributed by atoms with E-state index in [0.29, 0.717) is 12.5 Å². The van der Waals surface area contributed by atoms with Gasteiger partial charge in [-0.2, -0.15) is 0 Å². The van der Waals surface area contributed by atoms with E-state index >= 15 is 0 Å². The van der Waals surface area contributed by atoms with Crippen LogP contribution in [0.2, 0.25) is 0 Å². The number of piperidine rings is 1. The first-order valence-electron chi connectivity index (χ1n) is 9.35. The lowest BCUT2D eigenvalue weighted by molar-refractivity contribution is -0.119. The molecule has 1 aromatic rings. The van der Waals surface area contributed by atoms with Crippen molar-refractivity contribution >= 4 is 24.4 Å². The highest BCUT2D eigenvalue weighted by Gasteiger charge is 2.52. The van der Waals surface area contributed by atoms with Crippen LogP contribution in [0.25, 0.3) is 0 Å². The van der Waals surface area contributed by atoms with E-state index < -0.39 is 7.12 Å². The quantitative estimate of drug-likeness (QED) is 0.812. The molecule has 2 fully saturated rings. The van der Waals surface area contributed by atoms with Gasteiger partial charge in [-0.25, -0.2) is 9.97 Å². The minimum absolute atomic E-state index is 0.0186. The molecule has 0 unspecified atom stereocenters. The summed E-state index contributed by atoms with van der Waals surface area (Å²) in [5.41, 5.74) is 0.0829. The Morgan fingerprint density at radius 2 is 1.88 bits per heavy atom. The largest absolute Gasteiger partial charge is 0.498 e. The first-order chi connectivity index (χ1) is 12.2. The van der Waals surface area contributed by atoms with Gasteiger partial charge in [0.15, 0.2) is 0 Å². The molecule has 0 saturated carbocycles. The number of rotatable bonds is 4. The molecule has 0 aromatic carbocycles. The van der Waals surface area contributed by atoms with Gasteiger partial charge < -0.3 is 19.5 Å². The Morgan fingerprint density at radius 3 is 2.46 bits per heavy atom. The van der Waals surface area contributed by atoms with E-state index in [0.717, 1.165) is 37.3 Å². The molecule has 1 amide bonds. The van der Waals surface area contributed by atoms with Crippen molar-refractivity contribution in [2.45, 2.75) is 58.7 Å². The van der Waals surface area contributed by atoms with Gasteiger partial charge in [-0.3, -0.25) is 4.79 Å². The Hall–Kier alpha value is -1.67. The normalized spacial score (nSPS) is 24.6. The summed E-state index contributed by atoms with van der Waals surface area (Å²) >= 11 is 0. The Bertz CT molecular complexity index is 634. The highest BCUT2D eigenvalue weighted by molar-refractivity contribution is 6.61. The Kier molecular flexibility index (Phi) is 5.26. The minimum atomic E-state index is -0.442. The van der Waals surface area contributed by atoms with Crippen molar-refractivity contribution < 1.29 is 14.1 Å². The third kappa shape index (κ3) is 4.01. The van der Waals surface area contributed by atoms with Crippen LogP contribution in [-0.2, 0) is 14.1 Å². The second-order valence-corrected chi connectivity index (χ2v) is 8.30. The summed E-state index contributed by atoms with van der Waals surface area (Å²) in [7, 11) is -0.442. The average Bonchev–Trinajstić information content (AvgIpc) is 2.81. The summed E-state index contributed by atoms with van der Waals surface area (Å²) in [5, 5.41) is 2.91. The molecule has 0 spiro atoms. The predicted molar refractivity (Wildman–Crippen MR) is 101 cm³/mol. The number of aromatic nitrogens is 2. The van der Waals surface area contributed by atoms with Crippen molar-refractivity contribution in [2.24, 2.45) is 5.92 Å². The SMILES string of the molecule is CC(=O)NC[C@@H]1CCCN(c2ncc(B3OC(C)(C)C(C)(C)O3)cn2)C1. The van der Waals surface area contributed by atoms with E-state index in [9.17, 15) is 4.79 Å². The molecule has 1 atom stereocenters. The van der Waals surface area contributed by atoms with Crippen LogP contribution < -0.4 is 15.7 Å². The molecule has 0 radical (unpaired) electrons. The van der Waals surface area contributed by atoms with Crippen molar-refractivity contribution in [3.05, 3.63) is 12.4 Å². The highest BCUT2D eigenvalue weighted by Crippen LogP contribution is 2.36. The summed E-state index contributed by atoms with van der Waals surface area (Å²) in [6.45, 7) is 12.2. The average molecular weight is 360 g/mol. The zero-order chi connectivity index (χ0) is 18.9. The van der Waals surface area contributed by atoms with E-state index in [2.05, 4.69) is 20.2 Å². The van der Waals surface area contributed by atoms with Gasteiger partial charge in [0.2, 0.25) is 11.9 Å². The predicted octanol–water partition coefficient (Wildman–Crippen LogP) is 1.13. The summed E-state index contributed by atoms with van der Waals surface area (Å²) in [4.78, 5) is 22.4.